The first-order chi connectivity index (χ1) is 27.5. The average Bonchev–Trinajstić information content (AvgIpc) is 3.15. The van der Waals surface area contributed by atoms with E-state index in [2.05, 4.69) is 25.8 Å². The van der Waals surface area contributed by atoms with Crippen molar-refractivity contribution >= 4 is 96.1 Å². The van der Waals surface area contributed by atoms with Gasteiger partial charge in [-0.25, -0.2) is 0 Å². The van der Waals surface area contributed by atoms with Crippen LogP contribution in [0.5, 0.6) is 23.0 Å². The third-order valence-corrected chi connectivity index (χ3v) is 11.8. The second-order valence-corrected chi connectivity index (χ2v) is 17.7. The molecule has 6 aromatic rings. The lowest BCUT2D eigenvalue weighted by atomic mass is 10.1. The molecule has 0 aromatic heterocycles. The number of phenolic OH excluding ortho intramolecular Hbond substituents is 2. The molecule has 7 N–H and O–H groups in total. The Morgan fingerprint density at radius 1 is 0.508 bits per heavy atom. The van der Waals surface area contributed by atoms with E-state index in [1.165, 1.54) is 19.2 Å². The van der Waals surface area contributed by atoms with Gasteiger partial charge in [0, 0.05) is 34.3 Å². The Balaban J connectivity index is 1.40. The van der Waals surface area contributed by atoms with Crippen molar-refractivity contribution in [1.82, 2.24) is 0 Å². The highest BCUT2D eigenvalue weighted by molar-refractivity contribution is 7.87. The number of fused-ring (bicyclic) bond motifs is 2. The van der Waals surface area contributed by atoms with Crippen molar-refractivity contribution in [2.24, 2.45) is 20.5 Å². The van der Waals surface area contributed by atoms with Crippen molar-refractivity contribution in [2.45, 2.75) is 19.6 Å². The predicted molar refractivity (Wildman–Crippen MR) is 208 cm³/mol. The number of aromatic hydroxyl groups is 2. The molecule has 0 radical (unpaired) electrons. The number of anilines is 2. The number of nitrogens with zero attached hydrogens (tertiary/aromatic N) is 4. The second kappa shape index (κ2) is 15.5. The lowest BCUT2D eigenvalue weighted by molar-refractivity contribution is 0.413. The fraction of sp³-hybridized carbons (Fsp3) is 0.0588. The van der Waals surface area contributed by atoms with Gasteiger partial charge in [0.1, 0.15) is 54.7 Å². The van der Waals surface area contributed by atoms with E-state index in [0.717, 1.165) is 31.4 Å². The summed E-state index contributed by atoms with van der Waals surface area (Å²) in [4.78, 5) is -4.01. The average molecular weight is 890 g/mol. The summed E-state index contributed by atoms with van der Waals surface area (Å²) in [6, 6.07) is 16.7. The van der Waals surface area contributed by atoms with E-state index in [0.29, 0.717) is 35.3 Å². The molecule has 0 bridgehead atoms. The number of azo groups is 2. The SMILES string of the molecule is COc1ccc(Nc2ccc3c(O)c(N=Nc4cc(OC)c(N=Nc5cc6c(S(=O)(=O)O)cc(S(=O)(=O)O)cc6cc5S(=O)(=O)O)cc4O)c(S(=O)(=O)O)cc3c2)cc1. The minimum atomic E-state index is -5.23. The summed E-state index contributed by atoms with van der Waals surface area (Å²) in [6.07, 6.45) is 0. The van der Waals surface area contributed by atoms with Crippen LogP contribution in [0.4, 0.5) is 34.1 Å². The molecule has 21 nitrogen and oxygen atoms in total. The van der Waals surface area contributed by atoms with Gasteiger partial charge in [-0.3, -0.25) is 18.2 Å². The molecule has 0 heterocycles. The molecule has 6 aromatic carbocycles. The Hall–Kier alpha value is -6.32. The fourth-order valence-electron chi connectivity index (χ4n) is 5.61. The summed E-state index contributed by atoms with van der Waals surface area (Å²) >= 11 is 0. The minimum Gasteiger partial charge on any atom is -0.506 e. The van der Waals surface area contributed by atoms with Gasteiger partial charge < -0.3 is 25.0 Å². The van der Waals surface area contributed by atoms with Crippen molar-refractivity contribution in [2.75, 3.05) is 19.5 Å². The Bertz CT molecular complexity index is 3230. The lowest BCUT2D eigenvalue weighted by Crippen LogP contribution is -2.05. The van der Waals surface area contributed by atoms with Crippen molar-refractivity contribution in [1.29, 1.82) is 0 Å². The monoisotopic (exact) mass is 889 g/mol. The standard InChI is InChI=1S/C34H27N5O16S4/c1-54-21-6-3-19(4-7-21)35-20-5-8-23-17(9-20)12-32(59(51,52)53)33(34(23)41)39-36-25-16-29(55-2)26(15-28(25)40)37-38-27-14-24-18(11-31(27)58(48,49)50)10-22(56(42,43)44)13-30(24)57(45,46)47/h3-16,35,40-41H,1-2H3,(H,42,43,44)(H,45,46,47)(H,48,49,50)(H,51,52,53). The number of ether oxygens (including phenoxy) is 2. The van der Waals surface area contributed by atoms with Gasteiger partial charge in [-0.2, -0.15) is 33.7 Å². The van der Waals surface area contributed by atoms with Crippen LogP contribution in [0, 0.1) is 0 Å². The van der Waals surface area contributed by atoms with E-state index in [9.17, 15) is 62.1 Å². The summed E-state index contributed by atoms with van der Waals surface area (Å²) in [5.74, 6) is -1.07. The fourth-order valence-corrected chi connectivity index (χ4v) is 8.26. The van der Waals surface area contributed by atoms with E-state index in [-0.39, 0.29) is 22.2 Å². The molecule has 25 heteroatoms. The number of benzene rings is 6. The molecule has 0 aliphatic carbocycles. The van der Waals surface area contributed by atoms with Crippen LogP contribution in [-0.2, 0) is 40.5 Å². The maximum Gasteiger partial charge on any atom is 0.296 e. The quantitative estimate of drug-likeness (QED) is 0.0481. The predicted octanol–water partition coefficient (Wildman–Crippen LogP) is 6.98. The molecule has 59 heavy (non-hydrogen) atoms. The van der Waals surface area contributed by atoms with Gasteiger partial charge in [-0.1, -0.05) is 0 Å². The molecular weight excluding hydrogens is 863 g/mol. The highest BCUT2D eigenvalue weighted by Gasteiger charge is 2.26. The molecule has 0 amide bonds. The zero-order valence-corrected chi connectivity index (χ0v) is 33.0. The van der Waals surface area contributed by atoms with Crippen LogP contribution in [0.15, 0.2) is 125 Å². The summed E-state index contributed by atoms with van der Waals surface area (Å²) < 4.78 is 147. The third kappa shape index (κ3) is 9.06. The summed E-state index contributed by atoms with van der Waals surface area (Å²) in [7, 11) is -17.9. The summed E-state index contributed by atoms with van der Waals surface area (Å²) in [6.45, 7) is 0. The van der Waals surface area contributed by atoms with Gasteiger partial charge in [0.05, 0.1) is 19.1 Å². The molecule has 0 unspecified atom stereocenters. The zero-order valence-electron chi connectivity index (χ0n) is 29.8. The molecule has 0 spiro atoms. The Kier molecular flexibility index (Phi) is 11.1. The normalized spacial score (nSPS) is 12.8. The van der Waals surface area contributed by atoms with Crippen LogP contribution in [0.2, 0.25) is 0 Å². The zero-order chi connectivity index (χ0) is 43.2. The van der Waals surface area contributed by atoms with Crippen LogP contribution >= 0.6 is 0 Å². The second-order valence-electron chi connectivity index (χ2n) is 12.1. The van der Waals surface area contributed by atoms with Crippen LogP contribution in [0.1, 0.15) is 0 Å². The van der Waals surface area contributed by atoms with Gasteiger partial charge >= 0.3 is 0 Å². The molecule has 0 atom stereocenters. The highest BCUT2D eigenvalue weighted by Crippen LogP contribution is 2.45. The van der Waals surface area contributed by atoms with Crippen LogP contribution < -0.4 is 14.8 Å². The van der Waals surface area contributed by atoms with Crippen molar-refractivity contribution in [3.63, 3.8) is 0 Å². The number of rotatable bonds is 12. The highest BCUT2D eigenvalue weighted by atomic mass is 32.2. The van der Waals surface area contributed by atoms with Crippen molar-refractivity contribution in [3.8, 4) is 23.0 Å². The number of nitrogens with one attached hydrogen (secondary N) is 1. The van der Waals surface area contributed by atoms with E-state index in [1.54, 1.807) is 30.3 Å². The number of phenols is 2. The van der Waals surface area contributed by atoms with Crippen LogP contribution in [-0.4, -0.2) is 76.3 Å². The molecular formula is C34H27N5O16S4. The van der Waals surface area contributed by atoms with Crippen molar-refractivity contribution < 1.29 is 71.6 Å². The van der Waals surface area contributed by atoms with Crippen molar-refractivity contribution in [3.05, 3.63) is 84.9 Å². The smallest absolute Gasteiger partial charge is 0.296 e. The largest absolute Gasteiger partial charge is 0.506 e. The topological polar surface area (TPSA) is 338 Å². The van der Waals surface area contributed by atoms with Crippen LogP contribution in [0.3, 0.4) is 0 Å². The molecule has 0 aliphatic heterocycles. The molecule has 0 aliphatic rings. The molecule has 6 rings (SSSR count). The number of hydrogen-bond acceptors (Lipinski definition) is 17. The summed E-state index contributed by atoms with van der Waals surface area (Å²) in [5, 5.41) is 39.5. The first kappa shape index (κ1) is 42.3. The number of hydrogen-bond donors (Lipinski definition) is 7. The minimum absolute atomic E-state index is 0.102. The Labute approximate surface area is 333 Å². The van der Waals surface area contributed by atoms with E-state index < -0.39 is 99.4 Å². The van der Waals surface area contributed by atoms with E-state index in [1.807, 2.05) is 0 Å². The van der Waals surface area contributed by atoms with E-state index >= 15 is 0 Å². The van der Waals surface area contributed by atoms with E-state index in [4.69, 9.17) is 9.47 Å². The Morgan fingerprint density at radius 2 is 1.08 bits per heavy atom. The number of methoxy groups -OCH3 is 2. The van der Waals surface area contributed by atoms with Gasteiger partial charge in [0.15, 0.2) is 5.75 Å². The third-order valence-electron chi connectivity index (χ3n) is 8.33. The Morgan fingerprint density at radius 3 is 1.68 bits per heavy atom. The first-order valence-electron chi connectivity index (χ1n) is 15.9. The van der Waals surface area contributed by atoms with Crippen LogP contribution in [0.25, 0.3) is 21.5 Å². The molecule has 0 saturated carbocycles. The van der Waals surface area contributed by atoms with Gasteiger partial charge in [0.25, 0.3) is 40.5 Å². The molecule has 0 fully saturated rings. The lowest BCUT2D eigenvalue weighted by Gasteiger charge is -2.12. The maximum atomic E-state index is 12.5. The summed E-state index contributed by atoms with van der Waals surface area (Å²) in [5.41, 5.74) is -1.10. The van der Waals surface area contributed by atoms with Gasteiger partial charge in [0.2, 0.25) is 0 Å². The van der Waals surface area contributed by atoms with Gasteiger partial charge in [-0.15, -0.1) is 20.5 Å². The molecule has 308 valence electrons. The van der Waals surface area contributed by atoms with Gasteiger partial charge in [-0.05, 0) is 83.6 Å². The molecule has 0 saturated heterocycles. The maximum absolute atomic E-state index is 12.5. The first-order valence-corrected chi connectivity index (χ1v) is 21.7.